The van der Waals surface area contributed by atoms with Crippen LogP contribution in [0.5, 0.6) is 0 Å². The van der Waals surface area contributed by atoms with Gasteiger partial charge in [0.05, 0.1) is 22.2 Å². The minimum absolute atomic E-state index is 0.0916. The van der Waals surface area contributed by atoms with Crippen LogP contribution in [0.3, 0.4) is 0 Å². The maximum absolute atomic E-state index is 13.4. The number of nitrogens with zero attached hydrogens (tertiary/aromatic N) is 4. The lowest BCUT2D eigenvalue weighted by molar-refractivity contribution is -0.117. The Bertz CT molecular complexity index is 1310. The molecule has 5 aromatic rings. The Balaban J connectivity index is 1.41. The number of benzene rings is 2. The second kappa shape index (κ2) is 8.76. The van der Waals surface area contributed by atoms with Gasteiger partial charge in [-0.15, -0.1) is 0 Å². The fourth-order valence-electron chi connectivity index (χ4n) is 3.39. The average molecular weight is 445 g/mol. The summed E-state index contributed by atoms with van der Waals surface area (Å²) in [7, 11) is 0. The number of furan rings is 1. The van der Waals surface area contributed by atoms with Crippen LogP contribution in [0.1, 0.15) is 24.8 Å². The molecule has 0 unspecified atom stereocenters. The van der Waals surface area contributed by atoms with Crippen LogP contribution in [0.15, 0.2) is 75.9 Å². The average Bonchev–Trinajstić information content (AvgIpc) is 3.58. The zero-order chi connectivity index (χ0) is 21.9. The highest BCUT2D eigenvalue weighted by Crippen LogP contribution is 2.34. The Morgan fingerprint density at radius 3 is 2.62 bits per heavy atom. The number of aryl methyl sites for hydroxylation is 2. The summed E-state index contributed by atoms with van der Waals surface area (Å²) < 4.78 is 11.6. The molecule has 7 nitrogen and oxygen atoms in total. The number of carbonyl (C=O) groups is 1. The minimum atomic E-state index is -0.0916. The molecule has 3 heterocycles. The van der Waals surface area contributed by atoms with Crippen molar-refractivity contribution in [3.8, 4) is 11.6 Å². The molecule has 32 heavy (non-hydrogen) atoms. The first-order valence-electron chi connectivity index (χ1n) is 10.3. The van der Waals surface area contributed by atoms with Gasteiger partial charge in [0.2, 0.25) is 17.6 Å². The summed E-state index contributed by atoms with van der Waals surface area (Å²) in [6, 6.07) is 19.4. The fourth-order valence-corrected chi connectivity index (χ4v) is 4.39. The third-order valence-corrected chi connectivity index (χ3v) is 6.11. The predicted molar refractivity (Wildman–Crippen MR) is 123 cm³/mol. The lowest BCUT2D eigenvalue weighted by Crippen LogP contribution is -2.26. The van der Waals surface area contributed by atoms with Crippen LogP contribution in [0.25, 0.3) is 21.8 Å². The van der Waals surface area contributed by atoms with E-state index in [-0.39, 0.29) is 12.3 Å². The van der Waals surface area contributed by atoms with E-state index >= 15 is 0 Å². The molecule has 0 radical (unpaired) electrons. The highest BCUT2D eigenvalue weighted by molar-refractivity contribution is 7.22. The van der Waals surface area contributed by atoms with Gasteiger partial charge in [-0.05, 0) is 48.4 Å². The molecule has 0 aliphatic rings. The van der Waals surface area contributed by atoms with Crippen LogP contribution in [0, 0.1) is 0 Å². The van der Waals surface area contributed by atoms with Crippen LogP contribution in [-0.4, -0.2) is 21.0 Å². The van der Waals surface area contributed by atoms with Crippen molar-refractivity contribution >= 4 is 38.3 Å². The second-order valence-electron chi connectivity index (χ2n) is 7.20. The molecule has 5 rings (SSSR count). The maximum Gasteiger partial charge on any atom is 0.238 e. The molecule has 160 valence electrons. The molecular formula is C24H20N4O3S. The summed E-state index contributed by atoms with van der Waals surface area (Å²) in [6.45, 7) is 2.10. The van der Waals surface area contributed by atoms with E-state index in [4.69, 9.17) is 13.9 Å². The van der Waals surface area contributed by atoms with Crippen molar-refractivity contribution in [2.75, 3.05) is 4.90 Å². The number of carbonyl (C=O) groups excluding carboxylic acids is 1. The first kappa shape index (κ1) is 20.1. The Morgan fingerprint density at radius 1 is 1.03 bits per heavy atom. The van der Waals surface area contributed by atoms with E-state index in [2.05, 4.69) is 17.1 Å². The van der Waals surface area contributed by atoms with Crippen LogP contribution in [0.4, 0.5) is 10.8 Å². The quantitative estimate of drug-likeness (QED) is 0.315. The molecule has 3 aromatic heterocycles. The summed E-state index contributed by atoms with van der Waals surface area (Å²) in [4.78, 5) is 24.1. The second-order valence-corrected chi connectivity index (χ2v) is 8.21. The van der Waals surface area contributed by atoms with Gasteiger partial charge in [-0.25, -0.2) is 4.98 Å². The summed E-state index contributed by atoms with van der Waals surface area (Å²) in [5, 5.41) is 4.57. The van der Waals surface area contributed by atoms with Gasteiger partial charge in [-0.3, -0.25) is 9.69 Å². The van der Waals surface area contributed by atoms with Crippen molar-refractivity contribution in [2.45, 2.75) is 26.2 Å². The first-order chi connectivity index (χ1) is 15.7. The van der Waals surface area contributed by atoms with Crippen LogP contribution in [-0.2, 0) is 17.6 Å². The molecule has 0 aliphatic heterocycles. The number of aromatic nitrogens is 3. The summed E-state index contributed by atoms with van der Waals surface area (Å²) in [5.74, 6) is 1.19. The molecule has 0 saturated carbocycles. The van der Waals surface area contributed by atoms with Gasteiger partial charge >= 0.3 is 0 Å². The molecule has 1 amide bonds. The number of amides is 1. The van der Waals surface area contributed by atoms with E-state index in [9.17, 15) is 4.79 Å². The Hall–Kier alpha value is -3.78. The highest BCUT2D eigenvalue weighted by Gasteiger charge is 2.23. The van der Waals surface area contributed by atoms with E-state index < -0.39 is 0 Å². The van der Waals surface area contributed by atoms with Gasteiger partial charge < -0.3 is 8.94 Å². The standard InChI is InChI=1S/C24H20N4O3S/c1-2-16-9-11-17(12-10-16)28(24-25-18-6-3-4-8-20(18)32-24)22(29)14-13-21-26-23(27-31-21)19-7-5-15-30-19/h3-12,15H,2,13-14H2,1H3. The summed E-state index contributed by atoms with van der Waals surface area (Å²) >= 11 is 1.49. The summed E-state index contributed by atoms with van der Waals surface area (Å²) in [5.41, 5.74) is 2.87. The van der Waals surface area contributed by atoms with Gasteiger partial charge in [0, 0.05) is 12.8 Å². The third kappa shape index (κ3) is 4.04. The van der Waals surface area contributed by atoms with E-state index in [1.165, 1.54) is 16.9 Å². The van der Waals surface area contributed by atoms with Crippen LogP contribution < -0.4 is 4.90 Å². The van der Waals surface area contributed by atoms with Crippen molar-refractivity contribution in [3.63, 3.8) is 0 Å². The molecule has 0 bridgehead atoms. The normalized spacial score (nSPS) is 11.2. The molecule has 0 N–H and O–H groups in total. The number of fused-ring (bicyclic) bond motifs is 1. The maximum atomic E-state index is 13.4. The molecular weight excluding hydrogens is 424 g/mol. The third-order valence-electron chi connectivity index (χ3n) is 5.09. The monoisotopic (exact) mass is 444 g/mol. The van der Waals surface area contributed by atoms with Crippen molar-refractivity contribution in [3.05, 3.63) is 78.4 Å². The molecule has 0 saturated heterocycles. The van der Waals surface area contributed by atoms with Crippen molar-refractivity contribution in [1.82, 2.24) is 15.1 Å². The topological polar surface area (TPSA) is 85.3 Å². The first-order valence-corrected chi connectivity index (χ1v) is 11.2. The predicted octanol–water partition coefficient (Wildman–Crippen LogP) is 5.80. The van der Waals surface area contributed by atoms with Gasteiger partial charge in [0.25, 0.3) is 0 Å². The van der Waals surface area contributed by atoms with Gasteiger partial charge in [0.1, 0.15) is 0 Å². The number of rotatable bonds is 7. The largest absolute Gasteiger partial charge is 0.461 e. The minimum Gasteiger partial charge on any atom is -0.461 e. The zero-order valence-electron chi connectivity index (χ0n) is 17.4. The Labute approximate surface area is 188 Å². The van der Waals surface area contributed by atoms with E-state index in [0.717, 1.165) is 22.3 Å². The zero-order valence-corrected chi connectivity index (χ0v) is 18.2. The summed E-state index contributed by atoms with van der Waals surface area (Å²) in [6.07, 6.45) is 3.01. The van der Waals surface area contributed by atoms with E-state index in [0.29, 0.717) is 29.0 Å². The Morgan fingerprint density at radius 2 is 1.88 bits per heavy atom. The van der Waals surface area contributed by atoms with Crippen molar-refractivity contribution in [2.24, 2.45) is 0 Å². The molecule has 0 atom stereocenters. The molecule has 0 fully saturated rings. The Kier molecular flexibility index (Phi) is 5.51. The number of thiazole rings is 1. The molecule has 2 aromatic carbocycles. The van der Waals surface area contributed by atoms with Gasteiger partial charge in [0.15, 0.2) is 10.9 Å². The lowest BCUT2D eigenvalue weighted by atomic mass is 10.1. The number of anilines is 2. The number of para-hydroxylation sites is 1. The van der Waals surface area contributed by atoms with Gasteiger partial charge in [-0.1, -0.05) is 47.7 Å². The highest BCUT2D eigenvalue weighted by atomic mass is 32.1. The van der Waals surface area contributed by atoms with Crippen LogP contribution >= 0.6 is 11.3 Å². The fraction of sp³-hybridized carbons (Fsp3) is 0.167. The van der Waals surface area contributed by atoms with E-state index in [1.54, 1.807) is 23.3 Å². The number of hydrogen-bond donors (Lipinski definition) is 0. The SMILES string of the molecule is CCc1ccc(N(C(=O)CCc2nc(-c3ccco3)no2)c2nc3ccccc3s2)cc1. The van der Waals surface area contributed by atoms with Crippen molar-refractivity contribution < 1.29 is 13.7 Å². The van der Waals surface area contributed by atoms with Crippen LogP contribution in [0.2, 0.25) is 0 Å². The molecule has 0 aliphatic carbocycles. The van der Waals surface area contributed by atoms with E-state index in [1.807, 2.05) is 48.5 Å². The van der Waals surface area contributed by atoms with Gasteiger partial charge in [-0.2, -0.15) is 4.98 Å². The molecule has 8 heteroatoms. The van der Waals surface area contributed by atoms with Crippen molar-refractivity contribution in [1.29, 1.82) is 0 Å². The smallest absolute Gasteiger partial charge is 0.238 e. The number of hydrogen-bond acceptors (Lipinski definition) is 7. The molecule has 0 spiro atoms. The lowest BCUT2D eigenvalue weighted by Gasteiger charge is -2.20.